The van der Waals surface area contributed by atoms with Crippen LogP contribution in [0.25, 0.3) is 10.8 Å². The van der Waals surface area contributed by atoms with Gasteiger partial charge in [-0.1, -0.05) is 48.5 Å². The Morgan fingerprint density at radius 1 is 0.778 bits per heavy atom. The SMILES string of the molecule is O=C([O-])c1cccc(C(=O)N2CCN(c3cccc4ccccc34)CC2)c1. The van der Waals surface area contributed by atoms with Crippen LogP contribution in [0.5, 0.6) is 0 Å². The highest BCUT2D eigenvalue weighted by Gasteiger charge is 2.23. The second kappa shape index (κ2) is 7.11. The number of carboxylic acids is 1. The van der Waals surface area contributed by atoms with Crippen LogP contribution in [0.4, 0.5) is 5.69 Å². The summed E-state index contributed by atoms with van der Waals surface area (Å²) in [6.45, 7) is 2.66. The van der Waals surface area contributed by atoms with E-state index in [2.05, 4.69) is 35.2 Å². The standard InChI is InChI=1S/C22H20N2O3/c25-21(17-7-3-8-18(15-17)22(26)27)24-13-11-23(12-14-24)20-10-4-6-16-5-1-2-9-19(16)20/h1-10,15H,11-14H2,(H,26,27)/p-1. The third-order valence-electron chi connectivity index (χ3n) is 5.02. The number of carbonyl (C=O) groups excluding carboxylic acids is 2. The maximum atomic E-state index is 12.7. The Bertz CT molecular complexity index is 1000. The van der Waals surface area contributed by atoms with Crippen LogP contribution >= 0.6 is 0 Å². The Morgan fingerprint density at radius 3 is 2.22 bits per heavy atom. The molecule has 27 heavy (non-hydrogen) atoms. The van der Waals surface area contributed by atoms with Gasteiger partial charge in [0.05, 0.1) is 5.97 Å². The number of benzene rings is 3. The summed E-state index contributed by atoms with van der Waals surface area (Å²) < 4.78 is 0. The van der Waals surface area contributed by atoms with E-state index < -0.39 is 5.97 Å². The number of aromatic carboxylic acids is 1. The van der Waals surface area contributed by atoms with Crippen molar-refractivity contribution in [1.29, 1.82) is 0 Å². The van der Waals surface area contributed by atoms with Gasteiger partial charge in [-0.2, -0.15) is 0 Å². The maximum Gasteiger partial charge on any atom is 0.253 e. The minimum Gasteiger partial charge on any atom is -0.545 e. The number of carbonyl (C=O) groups is 2. The van der Waals surface area contributed by atoms with Crippen LogP contribution in [0, 0.1) is 0 Å². The van der Waals surface area contributed by atoms with Gasteiger partial charge in [0, 0.05) is 42.8 Å². The molecule has 0 spiro atoms. The van der Waals surface area contributed by atoms with Crippen molar-refractivity contribution in [1.82, 2.24) is 4.90 Å². The van der Waals surface area contributed by atoms with Crippen LogP contribution in [0.1, 0.15) is 20.7 Å². The molecule has 136 valence electrons. The van der Waals surface area contributed by atoms with Gasteiger partial charge in [-0.05, 0) is 29.1 Å². The van der Waals surface area contributed by atoms with E-state index in [4.69, 9.17) is 0 Å². The monoisotopic (exact) mass is 359 g/mol. The molecule has 1 heterocycles. The fourth-order valence-corrected chi connectivity index (χ4v) is 3.60. The van der Waals surface area contributed by atoms with E-state index in [9.17, 15) is 14.7 Å². The lowest BCUT2D eigenvalue weighted by Gasteiger charge is -2.36. The molecule has 0 radical (unpaired) electrons. The topological polar surface area (TPSA) is 63.7 Å². The summed E-state index contributed by atoms with van der Waals surface area (Å²) in [6.07, 6.45) is 0. The van der Waals surface area contributed by atoms with Crippen molar-refractivity contribution < 1.29 is 14.7 Å². The molecular weight excluding hydrogens is 340 g/mol. The molecule has 0 aromatic heterocycles. The second-order valence-electron chi connectivity index (χ2n) is 6.65. The van der Waals surface area contributed by atoms with Crippen LogP contribution in [-0.2, 0) is 0 Å². The maximum absolute atomic E-state index is 12.7. The van der Waals surface area contributed by atoms with Crippen LogP contribution < -0.4 is 10.0 Å². The number of carboxylic acid groups (broad SMARTS) is 1. The largest absolute Gasteiger partial charge is 0.545 e. The normalized spacial score (nSPS) is 14.4. The highest BCUT2D eigenvalue weighted by Crippen LogP contribution is 2.27. The fraction of sp³-hybridized carbons (Fsp3) is 0.182. The number of nitrogens with zero attached hydrogens (tertiary/aromatic N) is 2. The minimum absolute atomic E-state index is 0.0234. The van der Waals surface area contributed by atoms with Crippen LogP contribution in [-0.4, -0.2) is 43.0 Å². The van der Waals surface area contributed by atoms with Crippen molar-refractivity contribution in [3.05, 3.63) is 77.9 Å². The Kier molecular flexibility index (Phi) is 4.50. The molecule has 1 amide bonds. The summed E-state index contributed by atoms with van der Waals surface area (Å²) in [5.41, 5.74) is 1.59. The molecule has 0 bridgehead atoms. The van der Waals surface area contributed by atoms with E-state index in [0.29, 0.717) is 18.7 Å². The van der Waals surface area contributed by atoms with Gasteiger partial charge in [0.15, 0.2) is 0 Å². The number of hydrogen-bond donors (Lipinski definition) is 0. The highest BCUT2D eigenvalue weighted by molar-refractivity contribution is 5.97. The zero-order valence-electron chi connectivity index (χ0n) is 14.8. The molecule has 3 aromatic carbocycles. The minimum atomic E-state index is -1.27. The first-order valence-corrected chi connectivity index (χ1v) is 8.97. The quantitative estimate of drug-likeness (QED) is 0.719. The zero-order valence-corrected chi connectivity index (χ0v) is 14.8. The van der Waals surface area contributed by atoms with E-state index in [-0.39, 0.29) is 11.5 Å². The van der Waals surface area contributed by atoms with Crippen molar-refractivity contribution in [3.63, 3.8) is 0 Å². The first-order valence-electron chi connectivity index (χ1n) is 8.97. The first-order chi connectivity index (χ1) is 13.1. The third kappa shape index (κ3) is 3.36. The summed E-state index contributed by atoms with van der Waals surface area (Å²) in [7, 11) is 0. The number of amides is 1. The van der Waals surface area contributed by atoms with Crippen LogP contribution in [0.15, 0.2) is 66.7 Å². The van der Waals surface area contributed by atoms with E-state index in [1.165, 1.54) is 28.6 Å². The molecule has 5 nitrogen and oxygen atoms in total. The summed E-state index contributed by atoms with van der Waals surface area (Å²) in [5, 5.41) is 13.4. The molecule has 5 heteroatoms. The molecule has 4 rings (SSSR count). The molecule has 0 N–H and O–H groups in total. The second-order valence-corrected chi connectivity index (χ2v) is 6.65. The molecule has 1 aliphatic rings. The van der Waals surface area contributed by atoms with Crippen molar-refractivity contribution in [3.8, 4) is 0 Å². The Labute approximate surface area is 157 Å². The lowest BCUT2D eigenvalue weighted by Crippen LogP contribution is -2.48. The number of fused-ring (bicyclic) bond motifs is 1. The van der Waals surface area contributed by atoms with Gasteiger partial charge in [-0.15, -0.1) is 0 Å². The summed E-state index contributed by atoms with van der Waals surface area (Å²) in [6, 6.07) is 20.6. The molecular formula is C22H19N2O3-. The van der Waals surface area contributed by atoms with Crippen molar-refractivity contribution in [2.24, 2.45) is 0 Å². The summed E-state index contributed by atoms with van der Waals surface area (Å²) in [4.78, 5) is 27.8. The van der Waals surface area contributed by atoms with Gasteiger partial charge in [-0.25, -0.2) is 0 Å². The predicted octanol–water partition coefficient (Wildman–Crippen LogP) is 2.17. The van der Waals surface area contributed by atoms with Gasteiger partial charge in [0.1, 0.15) is 0 Å². The highest BCUT2D eigenvalue weighted by atomic mass is 16.4. The summed E-state index contributed by atoms with van der Waals surface area (Å²) >= 11 is 0. The van der Waals surface area contributed by atoms with Crippen molar-refractivity contribution in [2.75, 3.05) is 31.1 Å². The van der Waals surface area contributed by atoms with Gasteiger partial charge in [-0.3, -0.25) is 4.79 Å². The number of piperazine rings is 1. The van der Waals surface area contributed by atoms with Crippen LogP contribution in [0.2, 0.25) is 0 Å². The molecule has 3 aromatic rings. The predicted molar refractivity (Wildman–Crippen MR) is 103 cm³/mol. The number of rotatable bonds is 3. The van der Waals surface area contributed by atoms with Gasteiger partial charge in [0.25, 0.3) is 5.91 Å². The first kappa shape index (κ1) is 17.1. The molecule has 0 saturated carbocycles. The van der Waals surface area contributed by atoms with E-state index in [0.717, 1.165) is 13.1 Å². The number of anilines is 1. The molecule has 0 unspecified atom stereocenters. The lowest BCUT2D eigenvalue weighted by atomic mass is 10.1. The van der Waals surface area contributed by atoms with Crippen molar-refractivity contribution in [2.45, 2.75) is 0 Å². The average Bonchev–Trinajstić information content (AvgIpc) is 2.73. The molecule has 1 saturated heterocycles. The van der Waals surface area contributed by atoms with E-state index in [1.54, 1.807) is 17.0 Å². The smallest absolute Gasteiger partial charge is 0.253 e. The lowest BCUT2D eigenvalue weighted by molar-refractivity contribution is -0.255. The van der Waals surface area contributed by atoms with Gasteiger partial charge >= 0.3 is 0 Å². The Balaban J connectivity index is 1.49. The van der Waals surface area contributed by atoms with Crippen molar-refractivity contribution >= 4 is 28.3 Å². The Hall–Kier alpha value is -3.34. The van der Waals surface area contributed by atoms with Gasteiger partial charge < -0.3 is 19.7 Å². The average molecular weight is 359 g/mol. The molecule has 0 aliphatic carbocycles. The third-order valence-corrected chi connectivity index (χ3v) is 5.02. The molecule has 1 fully saturated rings. The molecule has 1 aliphatic heterocycles. The van der Waals surface area contributed by atoms with Gasteiger partial charge in [0.2, 0.25) is 0 Å². The summed E-state index contributed by atoms with van der Waals surface area (Å²) in [5.74, 6) is -1.42. The zero-order chi connectivity index (χ0) is 18.8. The van der Waals surface area contributed by atoms with E-state index in [1.807, 2.05) is 12.1 Å². The Morgan fingerprint density at radius 2 is 1.44 bits per heavy atom. The molecule has 0 atom stereocenters. The fourth-order valence-electron chi connectivity index (χ4n) is 3.60. The number of hydrogen-bond acceptors (Lipinski definition) is 4. The van der Waals surface area contributed by atoms with E-state index >= 15 is 0 Å². The van der Waals surface area contributed by atoms with Crippen LogP contribution in [0.3, 0.4) is 0 Å².